The molecule has 1 aromatic rings. The van der Waals surface area contributed by atoms with E-state index in [1.54, 1.807) is 6.20 Å². The maximum Gasteiger partial charge on any atom is 0.315 e. The summed E-state index contributed by atoms with van der Waals surface area (Å²) in [6, 6.07) is 0. The Bertz CT molecular complexity index is 417. The zero-order valence-electron chi connectivity index (χ0n) is 8.76. The summed E-state index contributed by atoms with van der Waals surface area (Å²) < 4.78 is 0. The Labute approximate surface area is 87.3 Å². The second kappa shape index (κ2) is 2.95. The van der Waals surface area contributed by atoms with E-state index >= 15 is 0 Å². The number of rotatable bonds is 2. The van der Waals surface area contributed by atoms with E-state index in [1.165, 1.54) is 0 Å². The van der Waals surface area contributed by atoms with Crippen molar-refractivity contribution in [3.05, 3.63) is 23.0 Å². The van der Waals surface area contributed by atoms with E-state index in [2.05, 4.69) is 4.98 Å². The fourth-order valence-corrected chi connectivity index (χ4v) is 2.45. The molecule has 0 amide bonds. The summed E-state index contributed by atoms with van der Waals surface area (Å²) in [5, 5.41) is 9.26. The number of nitrogens with one attached hydrogen (secondary N) is 1. The van der Waals surface area contributed by atoms with Crippen LogP contribution in [-0.2, 0) is 15.0 Å². The van der Waals surface area contributed by atoms with Crippen LogP contribution in [0.5, 0.6) is 0 Å². The molecule has 0 aliphatic heterocycles. The number of carbonyl (C=O) groups is 2. The molecule has 4 nitrogen and oxygen atoms in total. The van der Waals surface area contributed by atoms with Gasteiger partial charge in [-0.1, -0.05) is 0 Å². The molecule has 1 fully saturated rings. The monoisotopic (exact) mass is 207 g/mol. The van der Waals surface area contributed by atoms with Crippen LogP contribution >= 0.6 is 0 Å². The quantitative estimate of drug-likeness (QED) is 0.768. The van der Waals surface area contributed by atoms with Crippen LogP contribution < -0.4 is 0 Å². The number of aromatic nitrogens is 1. The number of carbonyl (C=O) groups excluding carboxylic acids is 1. The number of carboxylic acid groups (broad SMARTS) is 1. The number of aromatic amines is 1. The van der Waals surface area contributed by atoms with Crippen LogP contribution in [0.25, 0.3) is 0 Å². The van der Waals surface area contributed by atoms with E-state index in [1.807, 2.05) is 13.8 Å². The van der Waals surface area contributed by atoms with Crippen LogP contribution in [0.2, 0.25) is 0 Å². The van der Waals surface area contributed by atoms with Crippen LogP contribution in [0.15, 0.2) is 6.20 Å². The summed E-state index contributed by atoms with van der Waals surface area (Å²) >= 11 is 0. The van der Waals surface area contributed by atoms with Gasteiger partial charge in [-0.2, -0.15) is 0 Å². The molecule has 15 heavy (non-hydrogen) atoms. The van der Waals surface area contributed by atoms with Gasteiger partial charge >= 0.3 is 5.97 Å². The highest BCUT2D eigenvalue weighted by atomic mass is 16.4. The van der Waals surface area contributed by atoms with Gasteiger partial charge in [0, 0.05) is 24.7 Å². The summed E-state index contributed by atoms with van der Waals surface area (Å²) in [5.41, 5.74) is 1.59. The minimum Gasteiger partial charge on any atom is -0.481 e. The van der Waals surface area contributed by atoms with E-state index in [-0.39, 0.29) is 18.6 Å². The van der Waals surface area contributed by atoms with E-state index < -0.39 is 11.4 Å². The SMILES string of the molecule is Cc1c[nH]c(C)c1C1(C(=O)O)CC(=O)C1. The lowest BCUT2D eigenvalue weighted by Gasteiger charge is -2.37. The predicted molar refractivity (Wildman–Crippen MR) is 53.8 cm³/mol. The number of hydrogen-bond donors (Lipinski definition) is 2. The Kier molecular flexibility index (Phi) is 1.96. The lowest BCUT2D eigenvalue weighted by Crippen LogP contribution is -2.48. The van der Waals surface area contributed by atoms with Crippen LogP contribution in [-0.4, -0.2) is 21.8 Å². The molecule has 4 heteroatoms. The maximum atomic E-state index is 11.3. The molecule has 0 radical (unpaired) electrons. The molecule has 1 heterocycles. The highest BCUT2D eigenvalue weighted by Crippen LogP contribution is 2.44. The Hall–Kier alpha value is -1.58. The lowest BCUT2D eigenvalue weighted by atomic mass is 9.62. The molecule has 0 saturated heterocycles. The number of hydrogen-bond acceptors (Lipinski definition) is 2. The van der Waals surface area contributed by atoms with E-state index in [0.29, 0.717) is 0 Å². The van der Waals surface area contributed by atoms with Crippen molar-refractivity contribution in [3.8, 4) is 0 Å². The average Bonchev–Trinajstić information content (AvgIpc) is 2.41. The van der Waals surface area contributed by atoms with Crippen molar-refractivity contribution in [2.24, 2.45) is 0 Å². The molecule has 2 N–H and O–H groups in total. The molecule has 0 bridgehead atoms. The third-order valence-corrected chi connectivity index (χ3v) is 3.16. The Morgan fingerprint density at radius 2 is 2.07 bits per heavy atom. The van der Waals surface area contributed by atoms with Crippen molar-refractivity contribution in [2.75, 3.05) is 0 Å². The minimum absolute atomic E-state index is 0.0254. The highest BCUT2D eigenvalue weighted by molar-refractivity contribution is 6.01. The van der Waals surface area contributed by atoms with Gasteiger partial charge in [0.25, 0.3) is 0 Å². The molecule has 2 rings (SSSR count). The molecule has 1 aromatic heterocycles. The summed E-state index contributed by atoms with van der Waals surface area (Å²) in [6.07, 6.45) is 2.04. The number of aryl methyl sites for hydroxylation is 2. The molecule has 0 unspecified atom stereocenters. The zero-order valence-corrected chi connectivity index (χ0v) is 8.76. The van der Waals surface area contributed by atoms with Gasteiger partial charge in [0.05, 0.1) is 0 Å². The molecule has 1 aliphatic rings. The standard InChI is InChI=1S/C11H13NO3/c1-6-5-12-7(2)9(6)11(10(14)15)3-8(13)4-11/h5,12H,3-4H2,1-2H3,(H,14,15). The summed E-state index contributed by atoms with van der Waals surface area (Å²) in [6.45, 7) is 3.71. The van der Waals surface area contributed by atoms with E-state index in [4.69, 9.17) is 0 Å². The zero-order chi connectivity index (χ0) is 11.2. The van der Waals surface area contributed by atoms with Crippen LogP contribution in [0, 0.1) is 13.8 Å². The Morgan fingerprint density at radius 1 is 1.47 bits per heavy atom. The van der Waals surface area contributed by atoms with Crippen LogP contribution in [0.1, 0.15) is 29.7 Å². The molecule has 0 aromatic carbocycles. The first-order valence-electron chi connectivity index (χ1n) is 4.87. The van der Waals surface area contributed by atoms with Gasteiger partial charge in [0.15, 0.2) is 0 Å². The van der Waals surface area contributed by atoms with E-state index in [9.17, 15) is 14.7 Å². The molecule has 1 aliphatic carbocycles. The molecule has 0 atom stereocenters. The number of carboxylic acids is 1. The van der Waals surface area contributed by atoms with Gasteiger partial charge in [-0.25, -0.2) is 0 Å². The Morgan fingerprint density at radius 3 is 2.40 bits per heavy atom. The molecular weight excluding hydrogens is 194 g/mol. The summed E-state index contributed by atoms with van der Waals surface area (Å²) in [4.78, 5) is 25.4. The smallest absolute Gasteiger partial charge is 0.315 e. The van der Waals surface area contributed by atoms with Crippen molar-refractivity contribution >= 4 is 11.8 Å². The first-order valence-corrected chi connectivity index (χ1v) is 4.87. The number of H-pyrrole nitrogens is 1. The second-order valence-corrected chi connectivity index (χ2v) is 4.25. The first kappa shape index (κ1) is 9.96. The number of Topliss-reactive ketones (excluding diaryl/α,β-unsaturated/α-hetero) is 1. The van der Waals surface area contributed by atoms with Crippen molar-refractivity contribution in [2.45, 2.75) is 32.1 Å². The summed E-state index contributed by atoms with van der Waals surface area (Å²) in [5.74, 6) is -0.870. The highest BCUT2D eigenvalue weighted by Gasteiger charge is 2.53. The molecule has 0 spiro atoms. The minimum atomic E-state index is -0.967. The molecular formula is C11H13NO3. The van der Waals surface area contributed by atoms with Crippen molar-refractivity contribution < 1.29 is 14.7 Å². The largest absolute Gasteiger partial charge is 0.481 e. The van der Waals surface area contributed by atoms with Crippen LogP contribution in [0.4, 0.5) is 0 Å². The van der Waals surface area contributed by atoms with Gasteiger partial charge in [0.1, 0.15) is 11.2 Å². The molecule has 1 saturated carbocycles. The third kappa shape index (κ3) is 1.21. The Balaban J connectivity index is 2.52. The summed E-state index contributed by atoms with van der Waals surface area (Å²) in [7, 11) is 0. The maximum absolute atomic E-state index is 11.3. The van der Waals surface area contributed by atoms with Crippen molar-refractivity contribution in [1.82, 2.24) is 4.98 Å². The van der Waals surface area contributed by atoms with Gasteiger partial charge in [-0.15, -0.1) is 0 Å². The molecule has 80 valence electrons. The normalized spacial score (nSPS) is 18.7. The number of ketones is 1. The van der Waals surface area contributed by atoms with Gasteiger partial charge < -0.3 is 10.1 Å². The van der Waals surface area contributed by atoms with Gasteiger partial charge in [0.2, 0.25) is 0 Å². The second-order valence-electron chi connectivity index (χ2n) is 4.25. The van der Waals surface area contributed by atoms with Crippen LogP contribution in [0.3, 0.4) is 0 Å². The number of aliphatic carboxylic acids is 1. The fraction of sp³-hybridized carbons (Fsp3) is 0.455. The lowest BCUT2D eigenvalue weighted by molar-refractivity contribution is -0.153. The fourth-order valence-electron chi connectivity index (χ4n) is 2.45. The third-order valence-electron chi connectivity index (χ3n) is 3.16. The first-order chi connectivity index (χ1) is 6.97. The van der Waals surface area contributed by atoms with Crippen molar-refractivity contribution in [3.63, 3.8) is 0 Å². The average molecular weight is 207 g/mol. The van der Waals surface area contributed by atoms with Crippen molar-refractivity contribution in [1.29, 1.82) is 0 Å². The van der Waals surface area contributed by atoms with E-state index in [0.717, 1.165) is 16.8 Å². The topological polar surface area (TPSA) is 70.2 Å². The predicted octanol–water partition coefficient (Wildman–Crippen LogP) is 1.32. The van der Waals surface area contributed by atoms with Gasteiger partial charge in [-0.05, 0) is 25.0 Å². The van der Waals surface area contributed by atoms with Gasteiger partial charge in [-0.3, -0.25) is 9.59 Å².